The van der Waals surface area contributed by atoms with Gasteiger partial charge in [0.15, 0.2) is 0 Å². The molecule has 0 bridgehead atoms. The van der Waals surface area contributed by atoms with Gasteiger partial charge in [-0.05, 0) is 49.1 Å². The molecule has 4 amide bonds. The molecule has 1 spiro atoms. The summed E-state index contributed by atoms with van der Waals surface area (Å²) in [4.78, 5) is 38.5. The third kappa shape index (κ3) is 3.59. The second-order valence-electron chi connectivity index (χ2n) is 8.46. The molecule has 2 fully saturated rings. The first kappa shape index (κ1) is 18.4. The third-order valence-electron chi connectivity index (χ3n) is 5.67. The molecule has 26 heavy (non-hydrogen) atoms. The molecule has 2 N–H and O–H groups in total. The van der Waals surface area contributed by atoms with Crippen LogP contribution in [0.4, 0.5) is 10.5 Å². The zero-order valence-electron chi connectivity index (χ0n) is 15.7. The number of para-hydroxylation sites is 1. The van der Waals surface area contributed by atoms with Crippen LogP contribution in [0.5, 0.6) is 0 Å². The van der Waals surface area contributed by atoms with Crippen molar-refractivity contribution in [2.24, 2.45) is 11.3 Å². The first-order valence-corrected chi connectivity index (χ1v) is 9.20. The number of hydrogen-bond acceptors (Lipinski definition) is 3. The molecular formula is C20H27N3O3. The SMILES string of the molecule is CC(C)(C)C1CCC2(CC1)NC(=O)N(CC(=O)Nc1ccccc1)C2=O. The van der Waals surface area contributed by atoms with Gasteiger partial charge < -0.3 is 10.6 Å². The number of nitrogens with zero attached hydrogens (tertiary/aromatic N) is 1. The lowest BCUT2D eigenvalue weighted by Crippen LogP contribution is -2.50. The second kappa shape index (κ2) is 6.74. The Balaban J connectivity index is 1.63. The van der Waals surface area contributed by atoms with Crippen molar-refractivity contribution >= 4 is 23.5 Å². The summed E-state index contributed by atoms with van der Waals surface area (Å²) in [5.41, 5.74) is 0.0129. The van der Waals surface area contributed by atoms with E-state index in [0.29, 0.717) is 24.4 Å². The third-order valence-corrected chi connectivity index (χ3v) is 5.67. The normalized spacial score (nSPS) is 26.1. The fraction of sp³-hybridized carbons (Fsp3) is 0.550. The summed E-state index contributed by atoms with van der Waals surface area (Å²) in [6, 6.07) is 8.54. The molecule has 0 atom stereocenters. The second-order valence-corrected chi connectivity index (χ2v) is 8.46. The van der Waals surface area contributed by atoms with Gasteiger partial charge in [0.25, 0.3) is 5.91 Å². The maximum absolute atomic E-state index is 12.9. The maximum atomic E-state index is 12.9. The lowest BCUT2D eigenvalue weighted by atomic mass is 9.67. The Bertz CT molecular complexity index is 701. The summed E-state index contributed by atoms with van der Waals surface area (Å²) in [7, 11) is 0. The molecule has 0 aromatic heterocycles. The minimum absolute atomic E-state index is 0.197. The van der Waals surface area contributed by atoms with E-state index in [1.807, 2.05) is 18.2 Å². The highest BCUT2D eigenvalue weighted by Crippen LogP contribution is 2.43. The average molecular weight is 357 g/mol. The number of carbonyl (C=O) groups excluding carboxylic acids is 3. The predicted molar refractivity (Wildman–Crippen MR) is 99.5 cm³/mol. The van der Waals surface area contributed by atoms with E-state index in [1.165, 1.54) is 0 Å². The Morgan fingerprint density at radius 2 is 1.81 bits per heavy atom. The van der Waals surface area contributed by atoms with Crippen molar-refractivity contribution in [1.82, 2.24) is 10.2 Å². The lowest BCUT2D eigenvalue weighted by molar-refractivity contribution is -0.135. The standard InChI is InChI=1S/C20H27N3O3/c1-19(2,3)14-9-11-20(12-10-14)17(25)23(18(26)22-20)13-16(24)21-15-7-5-4-6-8-15/h4-8,14H,9-13H2,1-3H3,(H,21,24)(H,22,26). The molecule has 1 aromatic carbocycles. The van der Waals surface area contributed by atoms with E-state index < -0.39 is 11.6 Å². The summed E-state index contributed by atoms with van der Waals surface area (Å²) in [6.45, 7) is 6.38. The fourth-order valence-corrected chi connectivity index (χ4v) is 4.00. The number of rotatable bonds is 3. The van der Waals surface area contributed by atoms with Crippen LogP contribution in [0.25, 0.3) is 0 Å². The predicted octanol–water partition coefficient (Wildman–Crippen LogP) is 3.15. The number of hydrogen-bond donors (Lipinski definition) is 2. The van der Waals surface area contributed by atoms with Gasteiger partial charge in [-0.15, -0.1) is 0 Å². The summed E-state index contributed by atoms with van der Waals surface area (Å²) >= 11 is 0. The molecule has 6 heteroatoms. The molecule has 6 nitrogen and oxygen atoms in total. The average Bonchev–Trinajstić information content (AvgIpc) is 2.79. The van der Waals surface area contributed by atoms with Crippen molar-refractivity contribution in [3.8, 4) is 0 Å². The van der Waals surface area contributed by atoms with Crippen molar-refractivity contribution in [2.75, 3.05) is 11.9 Å². The summed E-state index contributed by atoms with van der Waals surface area (Å²) in [5.74, 6) is -0.105. The maximum Gasteiger partial charge on any atom is 0.325 e. The highest BCUT2D eigenvalue weighted by Gasteiger charge is 2.53. The Labute approximate surface area is 154 Å². The van der Waals surface area contributed by atoms with Gasteiger partial charge in [0.05, 0.1) is 0 Å². The van der Waals surface area contributed by atoms with E-state index in [1.54, 1.807) is 12.1 Å². The van der Waals surface area contributed by atoms with Crippen LogP contribution in [0, 0.1) is 11.3 Å². The number of amides is 4. The monoisotopic (exact) mass is 357 g/mol. The Morgan fingerprint density at radius 1 is 1.19 bits per heavy atom. The molecule has 0 radical (unpaired) electrons. The molecule has 1 heterocycles. The number of urea groups is 1. The Morgan fingerprint density at radius 3 is 2.38 bits per heavy atom. The van der Waals surface area contributed by atoms with Gasteiger partial charge in [0.1, 0.15) is 12.1 Å². The number of imide groups is 1. The van der Waals surface area contributed by atoms with E-state index in [0.717, 1.165) is 17.7 Å². The van der Waals surface area contributed by atoms with Gasteiger partial charge >= 0.3 is 6.03 Å². The van der Waals surface area contributed by atoms with Crippen LogP contribution in [0.1, 0.15) is 46.5 Å². The first-order chi connectivity index (χ1) is 12.2. The molecule has 0 unspecified atom stereocenters. The largest absolute Gasteiger partial charge is 0.325 e. The smallest absolute Gasteiger partial charge is 0.325 e. The van der Waals surface area contributed by atoms with Crippen LogP contribution in [0.2, 0.25) is 0 Å². The zero-order valence-corrected chi connectivity index (χ0v) is 15.7. The van der Waals surface area contributed by atoms with Gasteiger partial charge in [-0.2, -0.15) is 0 Å². The zero-order chi connectivity index (χ0) is 18.9. The molecular weight excluding hydrogens is 330 g/mol. The molecule has 1 saturated heterocycles. The molecule has 1 aliphatic carbocycles. The van der Waals surface area contributed by atoms with Crippen molar-refractivity contribution in [3.05, 3.63) is 30.3 Å². The van der Waals surface area contributed by atoms with Crippen molar-refractivity contribution < 1.29 is 14.4 Å². The minimum atomic E-state index is -0.828. The van der Waals surface area contributed by atoms with Crippen LogP contribution >= 0.6 is 0 Å². The van der Waals surface area contributed by atoms with Gasteiger partial charge in [-0.25, -0.2) is 4.79 Å². The highest BCUT2D eigenvalue weighted by molar-refractivity contribution is 6.10. The van der Waals surface area contributed by atoms with E-state index in [2.05, 4.69) is 31.4 Å². The van der Waals surface area contributed by atoms with Gasteiger partial charge in [-0.3, -0.25) is 14.5 Å². The van der Waals surface area contributed by atoms with Crippen molar-refractivity contribution in [1.29, 1.82) is 0 Å². The minimum Gasteiger partial charge on any atom is -0.325 e. The molecule has 1 saturated carbocycles. The Hall–Kier alpha value is -2.37. The van der Waals surface area contributed by atoms with Gasteiger partial charge in [0.2, 0.25) is 5.91 Å². The molecule has 3 rings (SSSR count). The summed E-state index contributed by atoms with van der Waals surface area (Å²) in [5, 5.41) is 5.58. The molecule has 140 valence electrons. The van der Waals surface area contributed by atoms with Crippen LogP contribution in [0.15, 0.2) is 30.3 Å². The fourth-order valence-electron chi connectivity index (χ4n) is 4.00. The van der Waals surface area contributed by atoms with E-state index in [4.69, 9.17) is 0 Å². The molecule has 1 aromatic rings. The van der Waals surface area contributed by atoms with Crippen molar-refractivity contribution in [3.63, 3.8) is 0 Å². The topological polar surface area (TPSA) is 78.5 Å². The van der Waals surface area contributed by atoms with Crippen LogP contribution < -0.4 is 10.6 Å². The van der Waals surface area contributed by atoms with Crippen LogP contribution in [0.3, 0.4) is 0 Å². The van der Waals surface area contributed by atoms with E-state index in [-0.39, 0.29) is 23.8 Å². The quantitative estimate of drug-likeness (QED) is 0.816. The number of nitrogens with one attached hydrogen (secondary N) is 2. The van der Waals surface area contributed by atoms with Crippen LogP contribution in [-0.4, -0.2) is 34.8 Å². The summed E-state index contributed by atoms with van der Waals surface area (Å²) < 4.78 is 0. The van der Waals surface area contributed by atoms with Gasteiger partial charge in [0, 0.05) is 5.69 Å². The Kier molecular flexibility index (Phi) is 4.78. The van der Waals surface area contributed by atoms with E-state index in [9.17, 15) is 14.4 Å². The number of carbonyl (C=O) groups is 3. The van der Waals surface area contributed by atoms with Gasteiger partial charge in [-0.1, -0.05) is 39.0 Å². The first-order valence-electron chi connectivity index (χ1n) is 9.20. The number of anilines is 1. The van der Waals surface area contributed by atoms with Crippen molar-refractivity contribution in [2.45, 2.75) is 52.0 Å². The van der Waals surface area contributed by atoms with E-state index >= 15 is 0 Å². The highest BCUT2D eigenvalue weighted by atomic mass is 16.2. The molecule has 2 aliphatic rings. The molecule has 1 aliphatic heterocycles. The lowest BCUT2D eigenvalue weighted by Gasteiger charge is -2.40. The summed E-state index contributed by atoms with van der Waals surface area (Å²) in [6.07, 6.45) is 3.08. The number of benzene rings is 1. The van der Waals surface area contributed by atoms with Crippen LogP contribution in [-0.2, 0) is 9.59 Å².